The minimum atomic E-state index is -3.98. The van der Waals surface area contributed by atoms with Gasteiger partial charge in [-0.05, 0) is 32.6 Å². The first kappa shape index (κ1) is 22.3. The fourth-order valence-electron chi connectivity index (χ4n) is 1.58. The van der Waals surface area contributed by atoms with Gasteiger partial charge in [-0.3, -0.25) is 9.05 Å². The van der Waals surface area contributed by atoms with E-state index in [1.165, 1.54) is 0 Å². The van der Waals surface area contributed by atoms with Crippen LogP contribution in [0.15, 0.2) is 12.2 Å². The molecule has 0 amide bonds. The number of unbranched alkanes of at least 4 members (excludes halogenated alkanes) is 2. The second kappa shape index (κ2) is 10.9. The molecule has 7 nitrogen and oxygen atoms in total. The number of nitrogens with zero attached hydrogens (tertiary/aromatic N) is 1. The minimum Gasteiger partial charge on any atom is -0.462 e. The van der Waals surface area contributed by atoms with E-state index < -0.39 is 13.8 Å². The van der Waals surface area contributed by atoms with Crippen molar-refractivity contribution in [2.24, 2.45) is 0 Å². The van der Waals surface area contributed by atoms with Crippen LogP contribution in [0, 0.1) is 0 Å². The van der Waals surface area contributed by atoms with Crippen molar-refractivity contribution < 1.29 is 32.5 Å². The van der Waals surface area contributed by atoms with Crippen molar-refractivity contribution in [3.8, 4) is 0 Å². The molecule has 0 fully saturated rings. The molecule has 0 aliphatic heterocycles. The molecule has 0 spiro atoms. The zero-order valence-corrected chi connectivity index (χ0v) is 15.6. The van der Waals surface area contributed by atoms with Crippen LogP contribution in [0.3, 0.4) is 0 Å². The molecule has 0 heterocycles. The zero-order chi connectivity index (χ0) is 17.9. The Morgan fingerprint density at radius 1 is 1.04 bits per heavy atom. The molecule has 0 aromatic rings. The molecule has 0 aromatic heterocycles. The fraction of sp³-hybridized carbons (Fsp3) is 0.800. The molecule has 1 N–H and O–H groups in total. The summed E-state index contributed by atoms with van der Waals surface area (Å²) in [6.07, 6.45) is 2.67. The fourth-order valence-corrected chi connectivity index (χ4v) is 2.37. The van der Waals surface area contributed by atoms with Crippen molar-refractivity contribution in [2.45, 2.75) is 32.6 Å². The van der Waals surface area contributed by atoms with E-state index in [1.54, 1.807) is 6.92 Å². The van der Waals surface area contributed by atoms with Crippen molar-refractivity contribution in [2.75, 3.05) is 47.5 Å². The van der Waals surface area contributed by atoms with E-state index >= 15 is 0 Å². The number of rotatable bonds is 13. The lowest BCUT2D eigenvalue weighted by Crippen LogP contribution is -2.35. The average Bonchev–Trinajstić information content (AvgIpc) is 2.40. The van der Waals surface area contributed by atoms with Gasteiger partial charge in [-0.2, -0.15) is 0 Å². The van der Waals surface area contributed by atoms with Crippen LogP contribution in [0.4, 0.5) is 0 Å². The van der Waals surface area contributed by atoms with Gasteiger partial charge in [0.2, 0.25) is 0 Å². The zero-order valence-electron chi connectivity index (χ0n) is 14.7. The molecule has 0 bridgehead atoms. The summed E-state index contributed by atoms with van der Waals surface area (Å²) in [6.45, 7) is 6.53. The number of esters is 1. The third kappa shape index (κ3) is 14.6. The largest absolute Gasteiger partial charge is 0.472 e. The summed E-state index contributed by atoms with van der Waals surface area (Å²) < 4.78 is 27.1. The van der Waals surface area contributed by atoms with Crippen LogP contribution in [0.2, 0.25) is 0 Å². The van der Waals surface area contributed by atoms with Crippen LogP contribution in [-0.4, -0.2) is 62.9 Å². The number of ether oxygens (including phenoxy) is 1. The van der Waals surface area contributed by atoms with Crippen LogP contribution in [0.5, 0.6) is 0 Å². The number of carbonyl (C=O) groups is 1. The number of phosphoric ester groups is 1. The van der Waals surface area contributed by atoms with Crippen molar-refractivity contribution in [1.29, 1.82) is 0 Å². The lowest BCUT2D eigenvalue weighted by molar-refractivity contribution is -0.870. The summed E-state index contributed by atoms with van der Waals surface area (Å²) in [6, 6.07) is 0. The summed E-state index contributed by atoms with van der Waals surface area (Å²) in [5.41, 5.74) is 0.347. The SMILES string of the molecule is C=C(C)C(=O)OCCCCOP(=O)(O)OCCCC[N+](C)(C)C. The molecule has 0 saturated carbocycles. The maximum absolute atomic E-state index is 11.6. The maximum atomic E-state index is 11.6. The van der Waals surface area contributed by atoms with Gasteiger partial charge in [0.1, 0.15) is 0 Å². The van der Waals surface area contributed by atoms with Gasteiger partial charge < -0.3 is 14.1 Å². The van der Waals surface area contributed by atoms with Crippen molar-refractivity contribution >= 4 is 13.8 Å². The van der Waals surface area contributed by atoms with E-state index in [-0.39, 0.29) is 19.8 Å². The monoisotopic (exact) mass is 352 g/mol. The van der Waals surface area contributed by atoms with Gasteiger partial charge in [-0.25, -0.2) is 9.36 Å². The predicted molar refractivity (Wildman–Crippen MR) is 88.9 cm³/mol. The van der Waals surface area contributed by atoms with Gasteiger partial charge in [-0.15, -0.1) is 0 Å². The highest BCUT2D eigenvalue weighted by molar-refractivity contribution is 7.47. The Labute approximate surface area is 139 Å². The lowest BCUT2D eigenvalue weighted by Gasteiger charge is -2.23. The van der Waals surface area contributed by atoms with Crippen LogP contribution >= 0.6 is 7.82 Å². The Morgan fingerprint density at radius 2 is 1.52 bits per heavy atom. The Morgan fingerprint density at radius 3 is 2.00 bits per heavy atom. The summed E-state index contributed by atoms with van der Waals surface area (Å²) in [4.78, 5) is 20.6. The second-order valence-electron chi connectivity index (χ2n) is 6.48. The standard InChI is InChI=1S/C15H30NO6P/c1-14(2)15(17)20-11-8-9-13-22-23(18,19)21-12-7-6-10-16(3,4)5/h1,6-13H2,2-5H3/p+1. The number of carbonyl (C=O) groups excluding carboxylic acids is 1. The quantitative estimate of drug-likeness (QED) is 0.180. The van der Waals surface area contributed by atoms with E-state index in [4.69, 9.17) is 13.8 Å². The van der Waals surface area contributed by atoms with Gasteiger partial charge >= 0.3 is 13.8 Å². The van der Waals surface area contributed by atoms with Crippen LogP contribution in [0.1, 0.15) is 32.6 Å². The molecule has 0 radical (unpaired) electrons. The first-order valence-electron chi connectivity index (χ1n) is 7.78. The number of hydrogen-bond donors (Lipinski definition) is 1. The Hall–Kier alpha value is -0.720. The van der Waals surface area contributed by atoms with Crippen LogP contribution in [0.25, 0.3) is 0 Å². The molecule has 136 valence electrons. The highest BCUT2D eigenvalue weighted by Gasteiger charge is 2.20. The molecular weight excluding hydrogens is 321 g/mol. The van der Waals surface area contributed by atoms with E-state index in [2.05, 4.69) is 27.7 Å². The van der Waals surface area contributed by atoms with E-state index in [9.17, 15) is 14.3 Å². The van der Waals surface area contributed by atoms with Gasteiger partial charge in [0.05, 0.1) is 47.5 Å². The van der Waals surface area contributed by atoms with Gasteiger partial charge in [0, 0.05) is 5.57 Å². The molecule has 1 unspecified atom stereocenters. The third-order valence-corrected chi connectivity index (χ3v) is 3.87. The van der Waals surface area contributed by atoms with E-state index in [0.717, 1.165) is 17.4 Å². The lowest BCUT2D eigenvalue weighted by atomic mass is 10.3. The number of quaternary nitrogens is 1. The van der Waals surface area contributed by atoms with E-state index in [1.807, 2.05) is 0 Å². The summed E-state index contributed by atoms with van der Waals surface area (Å²) in [5, 5.41) is 0. The maximum Gasteiger partial charge on any atom is 0.472 e. The molecule has 0 saturated heterocycles. The van der Waals surface area contributed by atoms with Crippen molar-refractivity contribution in [3.05, 3.63) is 12.2 Å². The molecule has 0 rings (SSSR count). The highest BCUT2D eigenvalue weighted by Crippen LogP contribution is 2.43. The topological polar surface area (TPSA) is 82.1 Å². The summed E-state index contributed by atoms with van der Waals surface area (Å²) in [7, 11) is 2.29. The Bertz CT molecular complexity index is 419. The smallest absolute Gasteiger partial charge is 0.462 e. The second-order valence-corrected chi connectivity index (χ2v) is 7.93. The average molecular weight is 352 g/mol. The minimum absolute atomic E-state index is 0.0806. The molecular formula is C15H31NO6P+. The normalized spacial score (nSPS) is 14.3. The first-order chi connectivity index (χ1) is 10.5. The van der Waals surface area contributed by atoms with Crippen molar-refractivity contribution in [1.82, 2.24) is 0 Å². The number of phosphoric acid groups is 1. The molecule has 8 heteroatoms. The third-order valence-electron chi connectivity index (χ3n) is 2.85. The van der Waals surface area contributed by atoms with Crippen LogP contribution < -0.4 is 0 Å². The van der Waals surface area contributed by atoms with Crippen LogP contribution in [-0.2, 0) is 23.1 Å². The molecule has 23 heavy (non-hydrogen) atoms. The van der Waals surface area contributed by atoms with Gasteiger partial charge in [0.15, 0.2) is 0 Å². The number of hydrogen-bond acceptors (Lipinski definition) is 5. The van der Waals surface area contributed by atoms with E-state index in [0.29, 0.717) is 24.8 Å². The van der Waals surface area contributed by atoms with Gasteiger partial charge in [-0.1, -0.05) is 6.58 Å². The summed E-state index contributed by atoms with van der Waals surface area (Å²) in [5.74, 6) is -0.434. The highest BCUT2D eigenvalue weighted by atomic mass is 31.2. The predicted octanol–water partition coefficient (Wildman–Crippen LogP) is 2.51. The summed E-state index contributed by atoms with van der Waals surface area (Å²) >= 11 is 0. The molecule has 0 aromatic carbocycles. The molecule has 1 atom stereocenters. The molecule has 0 aliphatic rings. The Kier molecular flexibility index (Phi) is 10.6. The molecule has 0 aliphatic carbocycles. The van der Waals surface area contributed by atoms with Crippen molar-refractivity contribution in [3.63, 3.8) is 0 Å². The van der Waals surface area contributed by atoms with Gasteiger partial charge in [0.25, 0.3) is 0 Å². The Balaban J connectivity index is 3.63. The first-order valence-corrected chi connectivity index (χ1v) is 9.28.